The number of anilines is 2. The Kier molecular flexibility index (Phi) is 2.95. The molecule has 2 aromatic rings. The Morgan fingerprint density at radius 3 is 2.52 bits per heavy atom. The van der Waals surface area contributed by atoms with Gasteiger partial charge in [0.25, 0.3) is 5.95 Å². The molecule has 3 heterocycles. The first-order chi connectivity index (χ1) is 10.3. The number of aromatic nitrogens is 5. The summed E-state index contributed by atoms with van der Waals surface area (Å²) in [6, 6.07) is 1.83. The van der Waals surface area contributed by atoms with Gasteiger partial charge in [-0.1, -0.05) is 6.42 Å². The predicted octanol–water partition coefficient (Wildman–Crippen LogP) is 0.579. The van der Waals surface area contributed by atoms with Crippen LogP contribution in [-0.2, 0) is 0 Å². The van der Waals surface area contributed by atoms with Gasteiger partial charge < -0.3 is 4.90 Å². The van der Waals surface area contributed by atoms with Crippen LogP contribution < -0.4 is 16.2 Å². The Bertz CT molecular complexity index is 613. The van der Waals surface area contributed by atoms with E-state index in [9.17, 15) is 0 Å². The first-order valence-corrected chi connectivity index (χ1v) is 7.31. The molecule has 8 nitrogen and oxygen atoms in total. The standard InChI is InChI=1S/C13H18N8/c14-19-11-16-12(18-13(17-11)21-6-2-5-15-21)20-7-9-3-1-4-10(9)8-20/h2,5-6,9-10H,1,3-4,7-8,14H2,(H,16,17,18,19). The molecule has 8 heteroatoms. The Hall–Kier alpha value is -2.22. The molecule has 1 saturated heterocycles. The number of nitrogen functional groups attached to an aromatic ring is 1. The van der Waals surface area contributed by atoms with E-state index < -0.39 is 0 Å². The summed E-state index contributed by atoms with van der Waals surface area (Å²) in [5, 5.41) is 4.16. The van der Waals surface area contributed by atoms with Gasteiger partial charge in [0.1, 0.15) is 0 Å². The number of fused-ring (bicyclic) bond motifs is 1. The summed E-state index contributed by atoms with van der Waals surface area (Å²) >= 11 is 0. The number of rotatable bonds is 3. The SMILES string of the molecule is NNc1nc(N2CC3CCCC3C2)nc(-n2cccn2)n1. The van der Waals surface area contributed by atoms with Crippen LogP contribution in [0.15, 0.2) is 18.5 Å². The molecule has 2 unspecified atom stereocenters. The zero-order valence-electron chi connectivity index (χ0n) is 11.7. The van der Waals surface area contributed by atoms with Crippen LogP contribution in [0.2, 0.25) is 0 Å². The maximum Gasteiger partial charge on any atom is 0.257 e. The van der Waals surface area contributed by atoms with E-state index in [4.69, 9.17) is 5.84 Å². The van der Waals surface area contributed by atoms with Crippen molar-refractivity contribution >= 4 is 11.9 Å². The van der Waals surface area contributed by atoms with Crippen molar-refractivity contribution in [2.45, 2.75) is 19.3 Å². The average molecular weight is 286 g/mol. The van der Waals surface area contributed by atoms with Gasteiger partial charge in [-0.05, 0) is 30.7 Å². The quantitative estimate of drug-likeness (QED) is 0.629. The van der Waals surface area contributed by atoms with Gasteiger partial charge in [-0.25, -0.2) is 10.5 Å². The Labute approximate surface area is 122 Å². The summed E-state index contributed by atoms with van der Waals surface area (Å²) < 4.78 is 1.61. The lowest BCUT2D eigenvalue weighted by atomic mass is 10.0. The van der Waals surface area contributed by atoms with E-state index in [-0.39, 0.29) is 0 Å². The van der Waals surface area contributed by atoms with Gasteiger partial charge >= 0.3 is 0 Å². The zero-order valence-corrected chi connectivity index (χ0v) is 11.7. The van der Waals surface area contributed by atoms with Crippen molar-refractivity contribution in [3.63, 3.8) is 0 Å². The van der Waals surface area contributed by atoms with Crippen molar-refractivity contribution in [3.05, 3.63) is 18.5 Å². The summed E-state index contributed by atoms with van der Waals surface area (Å²) in [6.45, 7) is 2.05. The normalized spacial score (nSPS) is 24.3. The molecule has 21 heavy (non-hydrogen) atoms. The highest BCUT2D eigenvalue weighted by molar-refractivity contribution is 5.40. The number of hydrazine groups is 1. The molecule has 3 N–H and O–H groups in total. The van der Waals surface area contributed by atoms with Crippen LogP contribution in [0.1, 0.15) is 19.3 Å². The molecule has 1 aliphatic heterocycles. The maximum atomic E-state index is 5.48. The summed E-state index contributed by atoms with van der Waals surface area (Å²) in [5.74, 6) is 8.57. The fourth-order valence-electron chi connectivity index (χ4n) is 3.45. The average Bonchev–Trinajstić information content (AvgIpc) is 3.22. The van der Waals surface area contributed by atoms with E-state index in [1.54, 1.807) is 17.1 Å². The summed E-state index contributed by atoms with van der Waals surface area (Å²) in [5.41, 5.74) is 2.51. The van der Waals surface area contributed by atoms with Crippen molar-refractivity contribution in [2.75, 3.05) is 23.4 Å². The molecule has 2 aliphatic rings. The highest BCUT2D eigenvalue weighted by Crippen LogP contribution is 2.38. The van der Waals surface area contributed by atoms with Crippen LogP contribution in [0.3, 0.4) is 0 Å². The fourth-order valence-corrected chi connectivity index (χ4v) is 3.45. The maximum absolute atomic E-state index is 5.48. The van der Waals surface area contributed by atoms with E-state index in [1.165, 1.54) is 19.3 Å². The second-order valence-electron chi connectivity index (χ2n) is 5.71. The molecule has 0 aromatic carbocycles. The van der Waals surface area contributed by atoms with Crippen molar-refractivity contribution < 1.29 is 0 Å². The summed E-state index contributed by atoms with van der Waals surface area (Å²) in [4.78, 5) is 15.4. The highest BCUT2D eigenvalue weighted by atomic mass is 15.4. The minimum atomic E-state index is 0.363. The second-order valence-corrected chi connectivity index (χ2v) is 5.71. The first-order valence-electron chi connectivity index (χ1n) is 7.31. The highest BCUT2D eigenvalue weighted by Gasteiger charge is 2.37. The third-order valence-electron chi connectivity index (χ3n) is 4.46. The van der Waals surface area contributed by atoms with Gasteiger partial charge in [-0.2, -0.15) is 20.1 Å². The molecule has 0 amide bonds. The minimum Gasteiger partial charge on any atom is -0.340 e. The van der Waals surface area contributed by atoms with Crippen LogP contribution in [0.25, 0.3) is 5.95 Å². The molecule has 0 bridgehead atoms. The van der Waals surface area contributed by atoms with Crippen LogP contribution in [0.5, 0.6) is 0 Å². The Morgan fingerprint density at radius 1 is 1.10 bits per heavy atom. The van der Waals surface area contributed by atoms with Gasteiger partial charge in [-0.15, -0.1) is 0 Å². The van der Waals surface area contributed by atoms with Gasteiger partial charge in [0, 0.05) is 25.5 Å². The Balaban J connectivity index is 1.67. The number of hydrogen-bond donors (Lipinski definition) is 2. The lowest BCUT2D eigenvalue weighted by Gasteiger charge is -2.18. The number of nitrogens with one attached hydrogen (secondary N) is 1. The monoisotopic (exact) mass is 286 g/mol. The van der Waals surface area contributed by atoms with Crippen molar-refractivity contribution in [1.29, 1.82) is 0 Å². The number of hydrogen-bond acceptors (Lipinski definition) is 7. The van der Waals surface area contributed by atoms with Crippen LogP contribution in [0, 0.1) is 11.8 Å². The molecule has 4 rings (SSSR count). The molecule has 1 aliphatic carbocycles. The smallest absolute Gasteiger partial charge is 0.257 e. The fraction of sp³-hybridized carbons (Fsp3) is 0.538. The summed E-state index contributed by atoms with van der Waals surface area (Å²) in [6.07, 6.45) is 7.49. The zero-order chi connectivity index (χ0) is 14.2. The molecule has 0 spiro atoms. The van der Waals surface area contributed by atoms with Crippen molar-refractivity contribution in [1.82, 2.24) is 24.7 Å². The molecular weight excluding hydrogens is 268 g/mol. The minimum absolute atomic E-state index is 0.363. The third-order valence-corrected chi connectivity index (χ3v) is 4.46. The van der Waals surface area contributed by atoms with Gasteiger partial charge in [-0.3, -0.25) is 5.43 Å². The first kappa shape index (κ1) is 12.5. The van der Waals surface area contributed by atoms with E-state index >= 15 is 0 Å². The topological polar surface area (TPSA) is 97.8 Å². The molecule has 1 saturated carbocycles. The molecule has 0 radical (unpaired) electrons. The van der Waals surface area contributed by atoms with Gasteiger partial charge in [0.15, 0.2) is 0 Å². The van der Waals surface area contributed by atoms with E-state index in [0.717, 1.165) is 24.9 Å². The van der Waals surface area contributed by atoms with Crippen LogP contribution in [0.4, 0.5) is 11.9 Å². The van der Waals surface area contributed by atoms with Crippen LogP contribution in [-0.4, -0.2) is 37.8 Å². The van der Waals surface area contributed by atoms with Gasteiger partial charge in [0.2, 0.25) is 11.9 Å². The van der Waals surface area contributed by atoms with Crippen LogP contribution >= 0.6 is 0 Å². The van der Waals surface area contributed by atoms with Gasteiger partial charge in [0.05, 0.1) is 0 Å². The lowest BCUT2D eigenvalue weighted by molar-refractivity contribution is 0.494. The van der Waals surface area contributed by atoms with E-state index in [1.807, 2.05) is 6.07 Å². The molecular formula is C13H18N8. The summed E-state index contributed by atoms with van der Waals surface area (Å²) in [7, 11) is 0. The van der Waals surface area contributed by atoms with E-state index in [2.05, 4.69) is 30.4 Å². The molecule has 2 atom stereocenters. The second kappa shape index (κ2) is 4.96. The van der Waals surface area contributed by atoms with Crippen molar-refractivity contribution in [3.8, 4) is 5.95 Å². The number of nitrogens with zero attached hydrogens (tertiary/aromatic N) is 6. The predicted molar refractivity (Wildman–Crippen MR) is 77.8 cm³/mol. The molecule has 2 fully saturated rings. The molecule has 2 aromatic heterocycles. The number of nitrogens with two attached hydrogens (primary N) is 1. The largest absolute Gasteiger partial charge is 0.340 e. The lowest BCUT2D eigenvalue weighted by Crippen LogP contribution is -2.25. The Morgan fingerprint density at radius 2 is 1.86 bits per heavy atom. The van der Waals surface area contributed by atoms with E-state index in [0.29, 0.717) is 17.8 Å². The van der Waals surface area contributed by atoms with Crippen molar-refractivity contribution in [2.24, 2.45) is 17.7 Å². The third kappa shape index (κ3) is 2.21. The molecule has 110 valence electrons.